The average Bonchev–Trinajstić information content (AvgIpc) is 2.66. The first-order valence-electron chi connectivity index (χ1n) is 7.28. The molecule has 0 spiro atoms. The first-order chi connectivity index (χ1) is 12.2. The van der Waals surface area contributed by atoms with Gasteiger partial charge in [0.2, 0.25) is 11.6 Å². The van der Waals surface area contributed by atoms with Crippen molar-refractivity contribution in [3.05, 3.63) is 71.8 Å². The van der Waals surface area contributed by atoms with Gasteiger partial charge in [0.1, 0.15) is 0 Å². The molecule has 6 N–H and O–H groups in total. The van der Waals surface area contributed by atoms with E-state index in [0.717, 1.165) is 24.3 Å². The van der Waals surface area contributed by atoms with Gasteiger partial charge in [-0.25, -0.2) is 9.59 Å². The first-order valence-corrected chi connectivity index (χ1v) is 7.28. The summed E-state index contributed by atoms with van der Waals surface area (Å²) >= 11 is 0. The fraction of sp³-hybridized carbons (Fsp3) is 0.111. The van der Waals surface area contributed by atoms with Crippen LogP contribution in [0.2, 0.25) is 0 Å². The molecule has 2 unspecified atom stereocenters. The fourth-order valence-electron chi connectivity index (χ4n) is 2.43. The predicted octanol–water partition coefficient (Wildman–Crippen LogP) is -0.441. The van der Waals surface area contributed by atoms with Gasteiger partial charge in [0, 0.05) is 11.1 Å². The summed E-state index contributed by atoms with van der Waals surface area (Å²) in [6.07, 6.45) is 0. The predicted molar refractivity (Wildman–Crippen MR) is 90.3 cm³/mol. The van der Waals surface area contributed by atoms with E-state index >= 15 is 0 Å². The molecule has 142 valence electrons. The Labute approximate surface area is 152 Å². The van der Waals surface area contributed by atoms with Crippen molar-refractivity contribution in [2.45, 2.75) is 11.2 Å². The molecule has 0 amide bonds. The van der Waals surface area contributed by atoms with Crippen molar-refractivity contribution >= 4 is 23.5 Å². The van der Waals surface area contributed by atoms with Crippen LogP contribution in [-0.4, -0.2) is 60.6 Å². The molecule has 0 aliphatic rings. The highest BCUT2D eigenvalue weighted by Gasteiger charge is 2.69. The van der Waals surface area contributed by atoms with Gasteiger partial charge in [-0.3, -0.25) is 9.59 Å². The molecule has 0 radical (unpaired) electrons. The number of carboxylic acids is 2. The van der Waals surface area contributed by atoms with Crippen molar-refractivity contribution in [3.63, 3.8) is 0 Å². The van der Waals surface area contributed by atoms with Crippen LogP contribution in [0.1, 0.15) is 20.7 Å². The van der Waals surface area contributed by atoms with E-state index in [1.54, 1.807) is 0 Å². The third-order valence-electron chi connectivity index (χ3n) is 3.87. The van der Waals surface area contributed by atoms with E-state index in [9.17, 15) is 39.6 Å². The van der Waals surface area contributed by atoms with Crippen LogP contribution in [-0.2, 0) is 9.59 Å². The molecule has 0 heterocycles. The molecule has 2 rings (SSSR count). The Morgan fingerprint density at radius 2 is 0.852 bits per heavy atom. The Hall–Kier alpha value is -3.40. The number of rotatable bonds is 7. The number of hydrogen-bond acceptors (Lipinski definition) is 6. The van der Waals surface area contributed by atoms with Gasteiger partial charge in [0.05, 0.1) is 0 Å². The van der Waals surface area contributed by atoms with E-state index in [-0.39, 0.29) is 5.48 Å². The molecule has 9 heteroatoms. The number of hydrogen-bond donors (Lipinski definition) is 4. The number of aliphatic hydroxyl groups is 2. The zero-order valence-electron chi connectivity index (χ0n) is 13.7. The molecular weight excluding hydrogens is 360 g/mol. The Morgan fingerprint density at radius 3 is 1.07 bits per heavy atom. The number of ketones is 2. The molecule has 0 saturated carbocycles. The van der Waals surface area contributed by atoms with Crippen molar-refractivity contribution < 1.29 is 45.1 Å². The van der Waals surface area contributed by atoms with E-state index in [1.165, 1.54) is 36.4 Å². The Kier molecular flexibility index (Phi) is 6.31. The highest BCUT2D eigenvalue weighted by molar-refractivity contribution is 6.28. The van der Waals surface area contributed by atoms with Gasteiger partial charge in [0.15, 0.2) is 0 Å². The summed E-state index contributed by atoms with van der Waals surface area (Å²) in [6, 6.07) is 12.8. The van der Waals surface area contributed by atoms with Crippen LogP contribution in [0.4, 0.5) is 0 Å². The van der Waals surface area contributed by atoms with Crippen molar-refractivity contribution in [3.8, 4) is 0 Å². The van der Waals surface area contributed by atoms with E-state index in [0.29, 0.717) is 0 Å². The van der Waals surface area contributed by atoms with Crippen LogP contribution in [0.3, 0.4) is 0 Å². The Balaban J connectivity index is 0.00000364. The molecule has 0 bridgehead atoms. The number of aliphatic carboxylic acids is 2. The molecule has 2 aromatic carbocycles. The molecule has 0 aliphatic carbocycles. The second-order valence-electron chi connectivity index (χ2n) is 5.42. The van der Waals surface area contributed by atoms with Crippen LogP contribution in [0, 0.1) is 0 Å². The molecule has 2 atom stereocenters. The largest absolute Gasteiger partial charge is 0.479 e. The minimum atomic E-state index is -3.95. The first kappa shape index (κ1) is 21.6. The van der Waals surface area contributed by atoms with Crippen molar-refractivity contribution in [2.24, 2.45) is 0 Å². The quantitative estimate of drug-likeness (QED) is 0.370. The standard InChI is InChI=1S/C18H14O8.H2O/c19-13(11-7-3-1-4-8-11)17(25,15(21)22)18(26,16(23)24)14(20)12-9-5-2-6-10-12;/h1-10,25-26H,(H,21,22)(H,23,24);1H2. The van der Waals surface area contributed by atoms with Crippen LogP contribution in [0.5, 0.6) is 0 Å². The Bertz CT molecular complexity index is 789. The topological polar surface area (TPSA) is 181 Å². The van der Waals surface area contributed by atoms with Gasteiger partial charge < -0.3 is 25.9 Å². The molecule has 9 nitrogen and oxygen atoms in total. The summed E-state index contributed by atoms with van der Waals surface area (Å²) in [7, 11) is 0. The van der Waals surface area contributed by atoms with E-state index in [4.69, 9.17) is 0 Å². The maximum Gasteiger partial charge on any atom is 0.348 e. The SMILES string of the molecule is O.O=C(O)C(O)(C(=O)c1ccccc1)C(O)(C(=O)O)C(=O)c1ccccc1. The lowest BCUT2D eigenvalue weighted by Gasteiger charge is -2.34. The Morgan fingerprint density at radius 1 is 0.593 bits per heavy atom. The highest BCUT2D eigenvalue weighted by Crippen LogP contribution is 2.31. The molecule has 27 heavy (non-hydrogen) atoms. The van der Waals surface area contributed by atoms with E-state index in [2.05, 4.69) is 0 Å². The van der Waals surface area contributed by atoms with Gasteiger partial charge in [-0.2, -0.15) is 0 Å². The third kappa shape index (κ3) is 3.34. The summed E-state index contributed by atoms with van der Waals surface area (Å²) < 4.78 is 0. The maximum absolute atomic E-state index is 12.6. The molecule has 0 aromatic heterocycles. The van der Waals surface area contributed by atoms with E-state index in [1.807, 2.05) is 0 Å². The second kappa shape index (κ2) is 7.87. The number of carbonyl (C=O) groups is 4. The molecule has 2 aromatic rings. The van der Waals surface area contributed by atoms with Crippen LogP contribution in [0.25, 0.3) is 0 Å². The van der Waals surface area contributed by atoms with Crippen LogP contribution in [0.15, 0.2) is 60.7 Å². The van der Waals surface area contributed by atoms with Crippen molar-refractivity contribution in [2.75, 3.05) is 0 Å². The zero-order valence-corrected chi connectivity index (χ0v) is 13.7. The number of carbonyl (C=O) groups excluding carboxylic acids is 2. The van der Waals surface area contributed by atoms with Gasteiger partial charge in [0.25, 0.3) is 11.2 Å². The molecule has 0 saturated heterocycles. The van der Waals surface area contributed by atoms with E-state index < -0.39 is 45.8 Å². The summed E-state index contributed by atoms with van der Waals surface area (Å²) in [5, 5.41) is 39.9. The fourth-order valence-corrected chi connectivity index (χ4v) is 2.43. The lowest BCUT2D eigenvalue weighted by Crippen LogP contribution is -2.71. The van der Waals surface area contributed by atoms with Gasteiger partial charge in [-0.15, -0.1) is 0 Å². The van der Waals surface area contributed by atoms with Crippen molar-refractivity contribution in [1.29, 1.82) is 0 Å². The van der Waals surface area contributed by atoms with Gasteiger partial charge in [-0.05, 0) is 0 Å². The smallest absolute Gasteiger partial charge is 0.348 e. The lowest BCUT2D eigenvalue weighted by atomic mass is 9.73. The minimum Gasteiger partial charge on any atom is -0.479 e. The third-order valence-corrected chi connectivity index (χ3v) is 3.87. The molecule has 0 fully saturated rings. The summed E-state index contributed by atoms with van der Waals surface area (Å²) in [4.78, 5) is 48.5. The second-order valence-corrected chi connectivity index (χ2v) is 5.42. The van der Waals surface area contributed by atoms with Crippen molar-refractivity contribution in [1.82, 2.24) is 0 Å². The van der Waals surface area contributed by atoms with Gasteiger partial charge >= 0.3 is 11.9 Å². The van der Waals surface area contributed by atoms with Gasteiger partial charge in [-0.1, -0.05) is 60.7 Å². The minimum absolute atomic E-state index is 0. The van der Waals surface area contributed by atoms with Crippen LogP contribution < -0.4 is 0 Å². The average molecular weight is 376 g/mol. The normalized spacial score (nSPS) is 14.7. The zero-order chi connectivity index (χ0) is 19.5. The van der Waals surface area contributed by atoms with Crippen LogP contribution >= 0.6 is 0 Å². The molecule has 0 aliphatic heterocycles. The number of carboxylic acid groups (broad SMARTS) is 2. The monoisotopic (exact) mass is 376 g/mol. The summed E-state index contributed by atoms with van der Waals surface area (Å²) in [5.41, 5.74) is -8.68. The maximum atomic E-state index is 12.6. The number of Topliss-reactive ketones (excluding diaryl/α,β-unsaturated/α-hetero) is 2. The lowest BCUT2D eigenvalue weighted by molar-refractivity contribution is -0.187. The highest BCUT2D eigenvalue weighted by atomic mass is 16.5. The summed E-state index contributed by atoms with van der Waals surface area (Å²) in [5.74, 6) is -8.03. The number of benzene rings is 2. The summed E-state index contributed by atoms with van der Waals surface area (Å²) in [6.45, 7) is 0. The molecular formula is C18H16O9.